The molecule has 2 unspecified atom stereocenters. The van der Waals surface area contributed by atoms with E-state index in [-0.39, 0.29) is 25.7 Å². The molecule has 0 heterocycles. The average molecular weight is 1410 g/mol. The first-order valence-corrected chi connectivity index (χ1v) is 43.3. The number of carbonyl (C=O) groups is 4. The summed E-state index contributed by atoms with van der Waals surface area (Å²) >= 11 is 0. The maximum absolute atomic E-state index is 13.1. The fraction of sp³-hybridized carbons (Fsp3) is 0.948. The minimum Gasteiger partial charge on any atom is -0.462 e. The largest absolute Gasteiger partial charge is 0.472 e. The van der Waals surface area contributed by atoms with Crippen molar-refractivity contribution >= 4 is 39.5 Å². The Hall–Kier alpha value is -1.94. The van der Waals surface area contributed by atoms with Crippen LogP contribution in [0, 0.1) is 0 Å². The van der Waals surface area contributed by atoms with Crippen molar-refractivity contribution in [2.24, 2.45) is 0 Å². The number of carbonyl (C=O) groups excluding carboxylic acids is 4. The molecule has 0 aliphatic carbocycles. The quantitative estimate of drug-likeness (QED) is 0.0222. The number of rotatable bonds is 78. The molecule has 0 saturated heterocycles. The van der Waals surface area contributed by atoms with E-state index in [1.165, 1.54) is 244 Å². The number of phosphoric acid groups is 2. The molecule has 0 saturated carbocycles. The summed E-state index contributed by atoms with van der Waals surface area (Å²) in [6, 6.07) is 0. The molecule has 0 aliphatic heterocycles. The Balaban J connectivity index is 5.17. The van der Waals surface area contributed by atoms with E-state index >= 15 is 0 Å². The molecule has 570 valence electrons. The monoisotopic (exact) mass is 1410 g/mol. The van der Waals surface area contributed by atoms with Gasteiger partial charge in [-0.15, -0.1) is 0 Å². The lowest BCUT2D eigenvalue weighted by molar-refractivity contribution is -0.161. The highest BCUT2D eigenvalue weighted by Gasteiger charge is 2.30. The number of hydrogen-bond acceptors (Lipinski definition) is 15. The van der Waals surface area contributed by atoms with Crippen LogP contribution in [0.5, 0.6) is 0 Å². The van der Waals surface area contributed by atoms with E-state index < -0.39 is 97.5 Å². The topological polar surface area (TPSA) is 237 Å². The molecule has 0 bridgehead atoms. The lowest BCUT2D eigenvalue weighted by Gasteiger charge is -2.21. The van der Waals surface area contributed by atoms with Crippen LogP contribution in [0.2, 0.25) is 0 Å². The Labute approximate surface area is 588 Å². The highest BCUT2D eigenvalue weighted by molar-refractivity contribution is 7.47. The van der Waals surface area contributed by atoms with Crippen molar-refractivity contribution in [3.8, 4) is 0 Å². The summed E-state index contributed by atoms with van der Waals surface area (Å²) in [6.07, 6.45) is 62.5. The first-order valence-electron chi connectivity index (χ1n) is 40.3. The molecule has 19 heteroatoms. The average Bonchev–Trinajstić information content (AvgIpc) is 1.16. The fourth-order valence-corrected chi connectivity index (χ4v) is 13.5. The zero-order valence-corrected chi connectivity index (χ0v) is 64.1. The molecule has 3 N–H and O–H groups in total. The molecular formula is C77H150O17P2. The van der Waals surface area contributed by atoms with E-state index in [0.29, 0.717) is 25.7 Å². The van der Waals surface area contributed by atoms with Crippen LogP contribution in [-0.4, -0.2) is 96.7 Å². The highest BCUT2D eigenvalue weighted by atomic mass is 31.2. The summed E-state index contributed by atoms with van der Waals surface area (Å²) in [7, 11) is -9.90. The van der Waals surface area contributed by atoms with Gasteiger partial charge >= 0.3 is 39.5 Å². The van der Waals surface area contributed by atoms with Crippen LogP contribution in [0.4, 0.5) is 0 Å². The van der Waals surface area contributed by atoms with Crippen molar-refractivity contribution in [3.63, 3.8) is 0 Å². The van der Waals surface area contributed by atoms with Gasteiger partial charge in [0.05, 0.1) is 26.4 Å². The van der Waals surface area contributed by atoms with Crippen molar-refractivity contribution in [1.29, 1.82) is 0 Å². The highest BCUT2D eigenvalue weighted by Crippen LogP contribution is 2.45. The Morgan fingerprint density at radius 2 is 0.417 bits per heavy atom. The molecule has 17 nitrogen and oxygen atoms in total. The van der Waals surface area contributed by atoms with Gasteiger partial charge < -0.3 is 33.8 Å². The van der Waals surface area contributed by atoms with Gasteiger partial charge in [-0.1, -0.05) is 362 Å². The third-order valence-corrected chi connectivity index (χ3v) is 20.0. The van der Waals surface area contributed by atoms with Crippen molar-refractivity contribution < 1.29 is 80.2 Å². The van der Waals surface area contributed by atoms with Crippen LogP contribution in [-0.2, 0) is 65.4 Å². The second kappa shape index (κ2) is 71.5. The fourth-order valence-electron chi connectivity index (χ4n) is 11.9. The molecule has 0 aromatic carbocycles. The van der Waals surface area contributed by atoms with Gasteiger partial charge in [0.2, 0.25) is 0 Å². The number of phosphoric ester groups is 2. The molecule has 0 aliphatic rings. The zero-order valence-electron chi connectivity index (χ0n) is 62.4. The van der Waals surface area contributed by atoms with E-state index in [1.54, 1.807) is 0 Å². The molecule has 0 radical (unpaired) electrons. The zero-order chi connectivity index (χ0) is 70.4. The Morgan fingerprint density at radius 1 is 0.250 bits per heavy atom. The van der Waals surface area contributed by atoms with Crippen molar-refractivity contribution in [2.45, 2.75) is 431 Å². The third-order valence-electron chi connectivity index (χ3n) is 18.1. The molecule has 96 heavy (non-hydrogen) atoms. The second-order valence-corrected chi connectivity index (χ2v) is 30.7. The molecule has 0 aromatic heterocycles. The number of aliphatic hydroxyl groups is 1. The van der Waals surface area contributed by atoms with Gasteiger partial charge in [-0.2, -0.15) is 0 Å². The van der Waals surface area contributed by atoms with Gasteiger partial charge in [0.15, 0.2) is 12.2 Å². The standard InChI is InChI=1S/C77H150O17P2/c1-5-9-13-17-21-25-28-30-32-34-35-36-37-38-40-42-44-48-52-56-60-64-77(82)94-73(68-88-75(80)62-58-54-50-47-43-41-39-33-31-29-26-22-18-14-10-6-2)70-92-96(85,86)90-66-71(78)65-89-95(83,84)91-69-72(67-87-74(79)61-57-53-49-45-24-20-16-12-8-4)93-76(81)63-59-55-51-46-27-23-19-15-11-7-3/h71-73,78H,5-70H2,1-4H3,(H,83,84)(H,85,86)/t71-,72+,73+/m0/s1. The number of unbranched alkanes of at least 4 members (excludes halogenated alkanes) is 52. The Kier molecular flexibility index (Phi) is 70.0. The molecule has 5 atom stereocenters. The predicted octanol–water partition coefficient (Wildman–Crippen LogP) is 23.0. The minimum absolute atomic E-state index is 0.107. The molecular weight excluding hydrogens is 1260 g/mol. The van der Waals surface area contributed by atoms with Crippen LogP contribution in [0.3, 0.4) is 0 Å². The molecule has 0 amide bonds. The summed E-state index contributed by atoms with van der Waals surface area (Å²) in [5.74, 6) is -2.11. The van der Waals surface area contributed by atoms with Crippen molar-refractivity contribution in [2.75, 3.05) is 39.6 Å². The number of esters is 4. The van der Waals surface area contributed by atoms with Crippen LogP contribution in [0.1, 0.15) is 413 Å². The summed E-state index contributed by atoms with van der Waals surface area (Å²) in [5, 5.41) is 10.6. The van der Waals surface area contributed by atoms with E-state index in [9.17, 15) is 43.2 Å². The predicted molar refractivity (Wildman–Crippen MR) is 391 cm³/mol. The van der Waals surface area contributed by atoms with Crippen LogP contribution >= 0.6 is 15.6 Å². The summed E-state index contributed by atoms with van der Waals surface area (Å²) in [5.41, 5.74) is 0. The van der Waals surface area contributed by atoms with Gasteiger partial charge in [-0.3, -0.25) is 37.3 Å². The van der Waals surface area contributed by atoms with Gasteiger partial charge in [0.25, 0.3) is 0 Å². The van der Waals surface area contributed by atoms with E-state index in [4.69, 9.17) is 37.0 Å². The lowest BCUT2D eigenvalue weighted by atomic mass is 10.0. The summed E-state index contributed by atoms with van der Waals surface area (Å²) < 4.78 is 68.5. The normalized spacial score (nSPS) is 13.9. The SMILES string of the molecule is CCCCCCCCCCCCCCCCCCCCCCCC(=O)O[C@H](COC(=O)CCCCCCCCCCCCCCCCCC)COP(=O)(O)OC[C@@H](O)COP(=O)(O)OC[C@@H](COC(=O)CCCCCCCCCCC)OC(=O)CCCCCCCCCCCC. The first-order chi connectivity index (χ1) is 46.7. The Bertz CT molecular complexity index is 1830. The molecule has 0 rings (SSSR count). The maximum Gasteiger partial charge on any atom is 0.472 e. The third kappa shape index (κ3) is 70.5. The lowest BCUT2D eigenvalue weighted by Crippen LogP contribution is -2.30. The van der Waals surface area contributed by atoms with E-state index in [1.807, 2.05) is 0 Å². The first kappa shape index (κ1) is 94.1. The van der Waals surface area contributed by atoms with Crippen LogP contribution in [0.15, 0.2) is 0 Å². The molecule has 0 spiro atoms. The van der Waals surface area contributed by atoms with Crippen molar-refractivity contribution in [1.82, 2.24) is 0 Å². The van der Waals surface area contributed by atoms with Gasteiger partial charge in [-0.05, 0) is 25.7 Å². The Morgan fingerprint density at radius 3 is 0.615 bits per heavy atom. The van der Waals surface area contributed by atoms with Gasteiger partial charge in [0.1, 0.15) is 19.3 Å². The second-order valence-electron chi connectivity index (χ2n) is 27.7. The van der Waals surface area contributed by atoms with Gasteiger partial charge in [-0.25, -0.2) is 9.13 Å². The smallest absolute Gasteiger partial charge is 0.462 e. The summed E-state index contributed by atoms with van der Waals surface area (Å²) in [4.78, 5) is 72.7. The number of aliphatic hydroxyl groups excluding tert-OH is 1. The molecule has 0 aromatic rings. The van der Waals surface area contributed by atoms with E-state index in [0.717, 1.165) is 89.9 Å². The summed E-state index contributed by atoms with van der Waals surface area (Å²) in [6.45, 7) is 4.97. The maximum atomic E-state index is 13.1. The van der Waals surface area contributed by atoms with E-state index in [2.05, 4.69) is 27.7 Å². The van der Waals surface area contributed by atoms with Crippen molar-refractivity contribution in [3.05, 3.63) is 0 Å². The van der Waals surface area contributed by atoms with Crippen LogP contribution < -0.4 is 0 Å². The minimum atomic E-state index is -4.96. The number of ether oxygens (including phenoxy) is 4. The molecule has 0 fully saturated rings. The number of hydrogen-bond donors (Lipinski definition) is 3. The van der Waals surface area contributed by atoms with Crippen LogP contribution in [0.25, 0.3) is 0 Å². The van der Waals surface area contributed by atoms with Gasteiger partial charge in [0, 0.05) is 25.7 Å².